The highest BCUT2D eigenvalue weighted by Gasteiger charge is 1.88. The van der Waals surface area contributed by atoms with Gasteiger partial charge in [0.15, 0.2) is 0 Å². The molecule has 3 heteroatoms. The van der Waals surface area contributed by atoms with Crippen LogP contribution in [0.5, 0.6) is 17.2 Å². The highest BCUT2D eigenvalue weighted by Crippen LogP contribution is 2.13. The van der Waals surface area contributed by atoms with Crippen LogP contribution in [0.25, 0.3) is 0 Å². The van der Waals surface area contributed by atoms with E-state index in [-0.39, 0.29) is 7.43 Å². The zero-order chi connectivity index (χ0) is 17.9. The Hall–Kier alpha value is -2.94. The molecule has 0 fully saturated rings. The third-order valence-corrected chi connectivity index (χ3v) is 3.35. The van der Waals surface area contributed by atoms with Crippen LogP contribution in [0.4, 0.5) is 0 Å². The first-order chi connectivity index (χ1) is 11.4. The summed E-state index contributed by atoms with van der Waals surface area (Å²) in [6.45, 7) is 5.61. The number of hydrogen-bond donors (Lipinski definition) is 3. The van der Waals surface area contributed by atoms with E-state index in [1.807, 2.05) is 75.4 Å². The standard InChI is InChI=1S/3C7H8O.CH4/c3*1-6-4-2-3-5-7(6)8;/h3*2-5,8H,1H3;1H4. The van der Waals surface area contributed by atoms with Gasteiger partial charge in [-0.25, -0.2) is 0 Å². The van der Waals surface area contributed by atoms with Gasteiger partial charge in [-0.15, -0.1) is 0 Å². The number of benzene rings is 3. The Morgan fingerprint density at radius 3 is 0.760 bits per heavy atom. The van der Waals surface area contributed by atoms with E-state index in [0.717, 1.165) is 16.7 Å². The van der Waals surface area contributed by atoms with E-state index in [2.05, 4.69) is 0 Å². The largest absolute Gasteiger partial charge is 0.508 e. The molecule has 0 aromatic heterocycles. The van der Waals surface area contributed by atoms with E-state index < -0.39 is 0 Å². The molecule has 0 unspecified atom stereocenters. The summed E-state index contributed by atoms with van der Waals surface area (Å²) in [7, 11) is 0. The summed E-state index contributed by atoms with van der Waals surface area (Å²) in [4.78, 5) is 0. The molecule has 134 valence electrons. The van der Waals surface area contributed by atoms with Crippen molar-refractivity contribution in [2.45, 2.75) is 28.2 Å². The molecule has 0 aliphatic rings. The zero-order valence-corrected chi connectivity index (χ0v) is 14.3. The second-order valence-corrected chi connectivity index (χ2v) is 5.36. The molecule has 3 aromatic carbocycles. The van der Waals surface area contributed by atoms with E-state index in [9.17, 15) is 0 Å². The Bertz CT molecular complexity index is 585. The third kappa shape index (κ3) is 8.47. The second kappa shape index (κ2) is 11.6. The van der Waals surface area contributed by atoms with Crippen LogP contribution >= 0.6 is 0 Å². The molecule has 0 amide bonds. The van der Waals surface area contributed by atoms with Crippen molar-refractivity contribution in [1.82, 2.24) is 0 Å². The number of hydrogen-bond acceptors (Lipinski definition) is 3. The van der Waals surface area contributed by atoms with Crippen molar-refractivity contribution < 1.29 is 15.3 Å². The minimum Gasteiger partial charge on any atom is -0.508 e. The quantitative estimate of drug-likeness (QED) is 0.489. The van der Waals surface area contributed by atoms with Crippen LogP contribution < -0.4 is 0 Å². The molecular weight excluding hydrogens is 312 g/mol. The smallest absolute Gasteiger partial charge is 0.118 e. The normalized spacial score (nSPS) is 8.76. The monoisotopic (exact) mass is 340 g/mol. The van der Waals surface area contributed by atoms with Gasteiger partial charge >= 0.3 is 0 Å². The minimum absolute atomic E-state index is 0. The number of rotatable bonds is 0. The summed E-state index contributed by atoms with van der Waals surface area (Å²) >= 11 is 0. The molecule has 25 heavy (non-hydrogen) atoms. The van der Waals surface area contributed by atoms with Crippen LogP contribution in [-0.2, 0) is 0 Å². The number of aryl methyl sites for hydroxylation is 3. The van der Waals surface area contributed by atoms with Crippen LogP contribution in [0, 0.1) is 20.8 Å². The van der Waals surface area contributed by atoms with Gasteiger partial charge in [-0.05, 0) is 55.7 Å². The van der Waals surface area contributed by atoms with Crippen molar-refractivity contribution in [2.75, 3.05) is 0 Å². The predicted molar refractivity (Wildman–Crippen MR) is 105 cm³/mol. The molecular formula is C22H28O3. The third-order valence-electron chi connectivity index (χ3n) is 3.35. The Labute approximate surface area is 150 Å². The first kappa shape index (κ1) is 22.1. The van der Waals surface area contributed by atoms with Crippen LogP contribution in [0.1, 0.15) is 24.1 Å². The molecule has 0 radical (unpaired) electrons. The Kier molecular flexibility index (Phi) is 10.2. The van der Waals surface area contributed by atoms with E-state index in [1.165, 1.54) is 0 Å². The molecule has 3 aromatic rings. The molecule has 0 atom stereocenters. The fourth-order valence-corrected chi connectivity index (χ4v) is 1.69. The molecule has 3 nitrogen and oxygen atoms in total. The summed E-state index contributed by atoms with van der Waals surface area (Å²) in [5, 5.41) is 26.8. The van der Waals surface area contributed by atoms with Gasteiger partial charge in [-0.3, -0.25) is 0 Å². The molecule has 0 bridgehead atoms. The molecule has 0 aliphatic heterocycles. The lowest BCUT2D eigenvalue weighted by molar-refractivity contribution is 0.470. The van der Waals surface area contributed by atoms with Crippen molar-refractivity contribution in [3.63, 3.8) is 0 Å². The van der Waals surface area contributed by atoms with Gasteiger partial charge in [0.2, 0.25) is 0 Å². The van der Waals surface area contributed by atoms with E-state index in [0.29, 0.717) is 17.2 Å². The Balaban J connectivity index is 0.000000339. The predicted octanol–water partition coefficient (Wildman–Crippen LogP) is 5.74. The summed E-state index contributed by atoms with van der Waals surface area (Å²) in [6.07, 6.45) is 0. The molecule has 0 saturated heterocycles. The lowest BCUT2D eigenvalue weighted by atomic mass is 10.2. The molecule has 0 spiro atoms. The van der Waals surface area contributed by atoms with Crippen LogP contribution in [0.2, 0.25) is 0 Å². The number of phenols is 3. The van der Waals surface area contributed by atoms with Gasteiger partial charge in [0.25, 0.3) is 0 Å². The van der Waals surface area contributed by atoms with E-state index >= 15 is 0 Å². The van der Waals surface area contributed by atoms with Crippen molar-refractivity contribution >= 4 is 0 Å². The fourth-order valence-electron chi connectivity index (χ4n) is 1.69. The molecule has 0 heterocycles. The lowest BCUT2D eigenvalue weighted by Gasteiger charge is -1.92. The van der Waals surface area contributed by atoms with E-state index in [1.54, 1.807) is 18.2 Å². The first-order valence-electron chi connectivity index (χ1n) is 7.65. The number of aromatic hydroxyl groups is 3. The van der Waals surface area contributed by atoms with Crippen molar-refractivity contribution in [3.8, 4) is 17.2 Å². The van der Waals surface area contributed by atoms with Crippen molar-refractivity contribution in [3.05, 3.63) is 89.5 Å². The van der Waals surface area contributed by atoms with Crippen molar-refractivity contribution in [2.24, 2.45) is 0 Å². The average molecular weight is 340 g/mol. The van der Waals surface area contributed by atoms with Gasteiger partial charge in [-0.2, -0.15) is 0 Å². The maximum Gasteiger partial charge on any atom is 0.118 e. The summed E-state index contributed by atoms with van der Waals surface area (Å²) in [6, 6.07) is 21.8. The second-order valence-electron chi connectivity index (χ2n) is 5.36. The lowest BCUT2D eigenvalue weighted by Crippen LogP contribution is -1.68. The maximum absolute atomic E-state index is 8.92. The number of para-hydroxylation sites is 3. The summed E-state index contributed by atoms with van der Waals surface area (Å²) in [5.41, 5.74) is 2.77. The van der Waals surface area contributed by atoms with Gasteiger partial charge in [0.1, 0.15) is 17.2 Å². The Morgan fingerprint density at radius 2 is 0.640 bits per heavy atom. The molecule has 0 saturated carbocycles. The van der Waals surface area contributed by atoms with Gasteiger partial charge in [0.05, 0.1) is 0 Å². The highest BCUT2D eigenvalue weighted by molar-refractivity contribution is 5.31. The van der Waals surface area contributed by atoms with Crippen LogP contribution in [-0.4, -0.2) is 15.3 Å². The van der Waals surface area contributed by atoms with Crippen molar-refractivity contribution in [1.29, 1.82) is 0 Å². The van der Waals surface area contributed by atoms with E-state index in [4.69, 9.17) is 15.3 Å². The highest BCUT2D eigenvalue weighted by atomic mass is 16.3. The van der Waals surface area contributed by atoms with Crippen LogP contribution in [0.15, 0.2) is 72.8 Å². The zero-order valence-electron chi connectivity index (χ0n) is 14.3. The van der Waals surface area contributed by atoms with Gasteiger partial charge in [-0.1, -0.05) is 62.0 Å². The molecule has 0 aliphatic carbocycles. The summed E-state index contributed by atoms with van der Waals surface area (Å²) in [5.74, 6) is 1.10. The SMILES string of the molecule is C.Cc1ccccc1O.Cc1ccccc1O.Cc1ccccc1O. The summed E-state index contributed by atoms with van der Waals surface area (Å²) < 4.78 is 0. The molecule has 3 rings (SSSR count). The number of phenolic OH excluding ortho intramolecular Hbond substituents is 3. The van der Waals surface area contributed by atoms with Gasteiger partial charge < -0.3 is 15.3 Å². The molecule has 3 N–H and O–H groups in total. The van der Waals surface area contributed by atoms with Crippen LogP contribution in [0.3, 0.4) is 0 Å². The Morgan fingerprint density at radius 1 is 0.440 bits per heavy atom. The maximum atomic E-state index is 8.92. The first-order valence-corrected chi connectivity index (χ1v) is 7.65. The topological polar surface area (TPSA) is 60.7 Å². The van der Waals surface area contributed by atoms with Gasteiger partial charge in [0, 0.05) is 0 Å². The minimum atomic E-state index is 0. The fraction of sp³-hybridized carbons (Fsp3) is 0.182. The average Bonchev–Trinajstić information content (AvgIpc) is 2.57.